The number of anilines is 1. The molecule has 0 N–H and O–H groups in total. The molecule has 0 unspecified atom stereocenters. The van der Waals surface area contributed by atoms with Crippen molar-refractivity contribution < 1.29 is 0 Å². The molecule has 0 spiro atoms. The first kappa shape index (κ1) is 12.2. The van der Waals surface area contributed by atoms with Crippen molar-refractivity contribution in [3.05, 3.63) is 50.6 Å². The van der Waals surface area contributed by atoms with Crippen molar-refractivity contribution in [2.24, 2.45) is 0 Å². The maximum Gasteiger partial charge on any atom is 0.101 e. The third kappa shape index (κ3) is 2.87. The second-order valence-corrected chi connectivity index (χ2v) is 5.46. The van der Waals surface area contributed by atoms with E-state index in [4.69, 9.17) is 5.26 Å². The Hall–Kier alpha value is -1.31. The molecule has 4 heteroatoms. The lowest BCUT2D eigenvalue weighted by Crippen LogP contribution is -2.17. The summed E-state index contributed by atoms with van der Waals surface area (Å²) in [5.74, 6) is 0. The van der Waals surface area contributed by atoms with Gasteiger partial charge in [0.05, 0.1) is 11.3 Å². The van der Waals surface area contributed by atoms with Crippen LogP contribution in [-0.4, -0.2) is 7.05 Å². The molecule has 0 atom stereocenters. The molecular formula is C13H11BrN2S. The van der Waals surface area contributed by atoms with Crippen LogP contribution in [0.4, 0.5) is 5.69 Å². The normalized spacial score (nSPS) is 9.94. The Balaban J connectivity index is 2.25. The monoisotopic (exact) mass is 306 g/mol. The molecule has 1 aromatic heterocycles. The smallest absolute Gasteiger partial charge is 0.101 e. The summed E-state index contributed by atoms with van der Waals surface area (Å²) in [6, 6.07) is 10.1. The Morgan fingerprint density at radius 1 is 1.41 bits per heavy atom. The van der Waals surface area contributed by atoms with Crippen LogP contribution in [0.25, 0.3) is 0 Å². The highest BCUT2D eigenvalue weighted by Crippen LogP contribution is 2.24. The lowest BCUT2D eigenvalue weighted by molar-refractivity contribution is 0.925. The molecule has 0 saturated carbocycles. The van der Waals surface area contributed by atoms with E-state index in [2.05, 4.69) is 43.7 Å². The minimum Gasteiger partial charge on any atom is -0.369 e. The number of thiophene rings is 1. The van der Waals surface area contributed by atoms with Gasteiger partial charge in [-0.05, 0) is 40.6 Å². The number of nitrogens with zero attached hydrogens (tertiary/aromatic N) is 2. The van der Waals surface area contributed by atoms with Gasteiger partial charge in [-0.2, -0.15) is 16.6 Å². The van der Waals surface area contributed by atoms with Gasteiger partial charge in [-0.15, -0.1) is 0 Å². The lowest BCUT2D eigenvalue weighted by atomic mass is 10.1. The number of nitriles is 1. The fourth-order valence-electron chi connectivity index (χ4n) is 1.67. The second-order valence-electron chi connectivity index (χ2n) is 3.76. The van der Waals surface area contributed by atoms with Crippen molar-refractivity contribution in [2.45, 2.75) is 6.54 Å². The lowest BCUT2D eigenvalue weighted by Gasteiger charge is -2.20. The second kappa shape index (κ2) is 5.35. The molecule has 0 aliphatic rings. The van der Waals surface area contributed by atoms with Gasteiger partial charge < -0.3 is 4.90 Å². The summed E-state index contributed by atoms with van der Waals surface area (Å²) in [6.45, 7) is 0.819. The molecule has 0 amide bonds. The van der Waals surface area contributed by atoms with Gasteiger partial charge in [0.1, 0.15) is 6.07 Å². The van der Waals surface area contributed by atoms with Crippen LogP contribution in [0.5, 0.6) is 0 Å². The summed E-state index contributed by atoms with van der Waals surface area (Å²) in [4.78, 5) is 2.09. The minimum atomic E-state index is 0.692. The highest BCUT2D eigenvalue weighted by molar-refractivity contribution is 9.10. The number of halogens is 1. The van der Waals surface area contributed by atoms with Crippen molar-refractivity contribution in [1.29, 1.82) is 5.26 Å². The average molecular weight is 307 g/mol. The van der Waals surface area contributed by atoms with E-state index in [1.54, 1.807) is 11.3 Å². The fourth-order valence-corrected chi connectivity index (χ4v) is 2.69. The predicted octanol–water partition coefficient (Wildman–Crippen LogP) is 4.02. The van der Waals surface area contributed by atoms with Crippen LogP contribution in [0.3, 0.4) is 0 Å². The van der Waals surface area contributed by atoms with Crippen LogP contribution in [0, 0.1) is 11.3 Å². The van der Waals surface area contributed by atoms with Crippen molar-refractivity contribution in [2.75, 3.05) is 11.9 Å². The van der Waals surface area contributed by atoms with Gasteiger partial charge in [0.2, 0.25) is 0 Å². The Labute approximate surface area is 113 Å². The summed E-state index contributed by atoms with van der Waals surface area (Å²) in [7, 11) is 2.00. The zero-order valence-electron chi connectivity index (χ0n) is 9.35. The van der Waals surface area contributed by atoms with Crippen molar-refractivity contribution in [3.8, 4) is 6.07 Å². The van der Waals surface area contributed by atoms with Gasteiger partial charge in [0.25, 0.3) is 0 Å². The predicted molar refractivity (Wildman–Crippen MR) is 75.3 cm³/mol. The van der Waals surface area contributed by atoms with Crippen molar-refractivity contribution in [3.63, 3.8) is 0 Å². The molecule has 1 heterocycles. The average Bonchev–Trinajstić information content (AvgIpc) is 2.81. The van der Waals surface area contributed by atoms with Crippen LogP contribution >= 0.6 is 27.3 Å². The van der Waals surface area contributed by atoms with E-state index < -0.39 is 0 Å². The Morgan fingerprint density at radius 3 is 2.88 bits per heavy atom. The molecule has 0 aliphatic carbocycles. The van der Waals surface area contributed by atoms with Crippen LogP contribution < -0.4 is 4.90 Å². The molecule has 0 aliphatic heterocycles. The third-order valence-corrected chi connectivity index (χ3v) is 3.72. The highest BCUT2D eigenvalue weighted by Gasteiger charge is 2.08. The summed E-state index contributed by atoms with van der Waals surface area (Å²) in [6.07, 6.45) is 0. The first-order valence-electron chi connectivity index (χ1n) is 5.12. The zero-order valence-corrected chi connectivity index (χ0v) is 11.8. The van der Waals surface area contributed by atoms with Gasteiger partial charge in [-0.1, -0.05) is 15.9 Å². The Morgan fingerprint density at radius 2 is 2.24 bits per heavy atom. The topological polar surface area (TPSA) is 27.0 Å². The largest absolute Gasteiger partial charge is 0.369 e. The molecular weight excluding hydrogens is 296 g/mol. The SMILES string of the molecule is CN(Cc1ccsc1)c1ccc(Br)cc1C#N. The molecule has 0 fully saturated rings. The minimum absolute atomic E-state index is 0.692. The van der Waals surface area contributed by atoms with Gasteiger partial charge >= 0.3 is 0 Å². The molecule has 1 aromatic carbocycles. The van der Waals surface area contributed by atoms with E-state index in [1.807, 2.05) is 25.2 Å². The standard InChI is InChI=1S/C13H11BrN2S/c1-16(8-10-4-5-17-9-10)13-3-2-12(14)6-11(13)7-15/h2-6,9H,8H2,1H3. The number of hydrogen-bond donors (Lipinski definition) is 0. The quantitative estimate of drug-likeness (QED) is 0.856. The third-order valence-electron chi connectivity index (χ3n) is 2.49. The summed E-state index contributed by atoms with van der Waals surface area (Å²) in [5.41, 5.74) is 2.92. The molecule has 86 valence electrons. The van der Waals surface area contributed by atoms with Gasteiger partial charge in [-0.3, -0.25) is 0 Å². The van der Waals surface area contributed by atoms with Crippen LogP contribution in [0.15, 0.2) is 39.5 Å². The van der Waals surface area contributed by atoms with E-state index >= 15 is 0 Å². The molecule has 2 rings (SSSR count). The Kier molecular flexibility index (Phi) is 3.82. The first-order valence-corrected chi connectivity index (χ1v) is 6.86. The van der Waals surface area contributed by atoms with E-state index in [-0.39, 0.29) is 0 Å². The van der Waals surface area contributed by atoms with Gasteiger partial charge in [-0.25, -0.2) is 0 Å². The maximum atomic E-state index is 9.12. The highest BCUT2D eigenvalue weighted by atomic mass is 79.9. The first-order chi connectivity index (χ1) is 8.20. The molecule has 0 bridgehead atoms. The van der Waals surface area contributed by atoms with Crippen LogP contribution in [0.1, 0.15) is 11.1 Å². The Bertz CT molecular complexity index is 543. The van der Waals surface area contributed by atoms with Crippen LogP contribution in [0.2, 0.25) is 0 Å². The number of hydrogen-bond acceptors (Lipinski definition) is 3. The molecule has 2 aromatic rings. The van der Waals surface area contributed by atoms with Crippen molar-refractivity contribution >= 4 is 33.0 Å². The fraction of sp³-hybridized carbons (Fsp3) is 0.154. The van der Waals surface area contributed by atoms with Crippen LogP contribution in [-0.2, 0) is 6.54 Å². The van der Waals surface area contributed by atoms with E-state index in [1.165, 1.54) is 5.56 Å². The van der Waals surface area contributed by atoms with Gasteiger partial charge in [0.15, 0.2) is 0 Å². The number of benzene rings is 1. The van der Waals surface area contributed by atoms with E-state index in [0.29, 0.717) is 5.56 Å². The maximum absolute atomic E-state index is 9.12. The zero-order chi connectivity index (χ0) is 12.3. The van der Waals surface area contributed by atoms with Gasteiger partial charge in [0, 0.05) is 18.1 Å². The van der Waals surface area contributed by atoms with E-state index in [9.17, 15) is 0 Å². The van der Waals surface area contributed by atoms with Crippen molar-refractivity contribution in [1.82, 2.24) is 0 Å². The summed E-state index contributed by atoms with van der Waals surface area (Å²) < 4.78 is 0.932. The number of rotatable bonds is 3. The summed E-state index contributed by atoms with van der Waals surface area (Å²) >= 11 is 5.07. The van der Waals surface area contributed by atoms with E-state index in [0.717, 1.165) is 16.7 Å². The molecule has 2 nitrogen and oxygen atoms in total. The molecule has 17 heavy (non-hydrogen) atoms. The summed E-state index contributed by atoms with van der Waals surface area (Å²) in [5, 5.41) is 13.3. The molecule has 0 radical (unpaired) electrons. The molecule has 0 saturated heterocycles.